The molecule has 116 valence electrons. The van der Waals surface area contributed by atoms with Gasteiger partial charge in [0.05, 0.1) is 18.8 Å². The van der Waals surface area contributed by atoms with Gasteiger partial charge in [-0.15, -0.1) is 0 Å². The normalized spacial score (nSPS) is 18.8. The zero-order valence-electron chi connectivity index (χ0n) is 12.1. The summed E-state index contributed by atoms with van der Waals surface area (Å²) in [6.45, 7) is 4.36. The summed E-state index contributed by atoms with van der Waals surface area (Å²) in [5, 5.41) is 9.96. The van der Waals surface area contributed by atoms with E-state index in [9.17, 15) is 14.7 Å². The highest BCUT2D eigenvalue weighted by atomic mass is 16.5. The molecule has 0 unspecified atom stereocenters. The van der Waals surface area contributed by atoms with Crippen LogP contribution in [0.1, 0.15) is 15.9 Å². The highest BCUT2D eigenvalue weighted by molar-refractivity contribution is 6.50. The predicted octanol–water partition coefficient (Wildman–Crippen LogP) is 1.06. The van der Waals surface area contributed by atoms with Crippen LogP contribution in [0.25, 0.3) is 5.76 Å². The Morgan fingerprint density at radius 3 is 2.77 bits per heavy atom. The van der Waals surface area contributed by atoms with Crippen molar-refractivity contribution >= 4 is 17.3 Å². The van der Waals surface area contributed by atoms with Crippen LogP contribution < -0.4 is 4.74 Å². The van der Waals surface area contributed by atoms with Gasteiger partial charge in [0.1, 0.15) is 18.1 Å². The number of aliphatic hydroxyl groups excluding tert-OH is 1. The third-order valence-corrected chi connectivity index (χ3v) is 3.79. The van der Waals surface area contributed by atoms with Crippen LogP contribution in [0.4, 0.5) is 0 Å². The van der Waals surface area contributed by atoms with Gasteiger partial charge in [0.15, 0.2) is 0 Å². The highest BCUT2D eigenvalue weighted by Gasteiger charge is 2.28. The summed E-state index contributed by atoms with van der Waals surface area (Å²) >= 11 is 0. The van der Waals surface area contributed by atoms with E-state index in [4.69, 9.17) is 9.47 Å². The van der Waals surface area contributed by atoms with Gasteiger partial charge in [-0.2, -0.15) is 0 Å². The predicted molar refractivity (Wildman–Crippen MR) is 79.1 cm³/mol. The molecule has 3 rings (SSSR count). The number of aliphatic hydroxyl groups is 1. The zero-order valence-corrected chi connectivity index (χ0v) is 12.1. The summed E-state index contributed by atoms with van der Waals surface area (Å²) in [6, 6.07) is 4.85. The summed E-state index contributed by atoms with van der Waals surface area (Å²) in [5.41, 5.74) is 0.489. The molecule has 0 bridgehead atoms. The van der Waals surface area contributed by atoms with Crippen molar-refractivity contribution in [1.29, 1.82) is 0 Å². The number of hydrogen-bond acceptors (Lipinski definition) is 6. The molecule has 1 fully saturated rings. The van der Waals surface area contributed by atoms with Crippen molar-refractivity contribution < 1.29 is 24.2 Å². The fourth-order valence-electron chi connectivity index (χ4n) is 2.61. The summed E-state index contributed by atoms with van der Waals surface area (Å²) in [4.78, 5) is 25.5. The zero-order chi connectivity index (χ0) is 15.5. The Labute approximate surface area is 127 Å². The van der Waals surface area contributed by atoms with E-state index < -0.39 is 11.6 Å². The summed E-state index contributed by atoms with van der Waals surface area (Å²) in [6.07, 6.45) is 0.944. The lowest BCUT2D eigenvalue weighted by atomic mass is 9.93. The van der Waals surface area contributed by atoms with Crippen LogP contribution in [0.2, 0.25) is 0 Å². The van der Waals surface area contributed by atoms with Gasteiger partial charge >= 0.3 is 0 Å². The van der Waals surface area contributed by atoms with Crippen molar-refractivity contribution in [3.05, 3.63) is 35.4 Å². The third-order valence-electron chi connectivity index (χ3n) is 3.79. The van der Waals surface area contributed by atoms with E-state index in [0.29, 0.717) is 17.9 Å². The van der Waals surface area contributed by atoms with Crippen LogP contribution in [0, 0.1) is 0 Å². The van der Waals surface area contributed by atoms with Gasteiger partial charge in [0.25, 0.3) is 0 Å². The maximum atomic E-state index is 11.9. The van der Waals surface area contributed by atoms with Gasteiger partial charge in [-0.25, -0.2) is 0 Å². The molecule has 0 spiro atoms. The first-order chi connectivity index (χ1) is 10.7. The molecule has 2 aliphatic rings. The maximum Gasteiger partial charge on any atom is 0.233 e. The van der Waals surface area contributed by atoms with E-state index in [-0.39, 0.29) is 11.3 Å². The smallest absolute Gasteiger partial charge is 0.233 e. The van der Waals surface area contributed by atoms with E-state index >= 15 is 0 Å². The first-order valence-electron chi connectivity index (χ1n) is 7.22. The molecule has 1 N–H and O–H groups in total. The van der Waals surface area contributed by atoms with E-state index in [0.717, 1.165) is 38.9 Å². The lowest BCUT2D eigenvalue weighted by Gasteiger charge is -2.26. The summed E-state index contributed by atoms with van der Waals surface area (Å²) < 4.78 is 11.0. The number of allylic oxidation sites excluding steroid dienone is 1. The largest absolute Gasteiger partial charge is 0.507 e. The van der Waals surface area contributed by atoms with Gasteiger partial charge in [-0.3, -0.25) is 14.5 Å². The number of rotatable bonds is 4. The average molecular weight is 303 g/mol. The van der Waals surface area contributed by atoms with E-state index in [1.807, 2.05) is 0 Å². The minimum absolute atomic E-state index is 0.189. The molecule has 22 heavy (non-hydrogen) atoms. The van der Waals surface area contributed by atoms with Crippen molar-refractivity contribution in [1.82, 2.24) is 4.90 Å². The molecule has 1 saturated heterocycles. The molecule has 1 aliphatic heterocycles. The number of carbonyl (C=O) groups is 2. The number of morpholine rings is 1. The van der Waals surface area contributed by atoms with Crippen LogP contribution in [-0.4, -0.2) is 61.0 Å². The lowest BCUT2D eigenvalue weighted by molar-refractivity contribution is -0.111. The number of ketones is 2. The maximum absolute atomic E-state index is 11.9. The SMILES string of the molecule is O=C1C=C(O)c2c(OCCN3CCOCC3)cccc2C1=O. The van der Waals surface area contributed by atoms with Crippen molar-refractivity contribution in [2.75, 3.05) is 39.5 Å². The third kappa shape index (κ3) is 2.88. The van der Waals surface area contributed by atoms with E-state index in [2.05, 4.69) is 4.90 Å². The number of fused-ring (bicyclic) bond motifs is 1. The molecule has 1 aliphatic carbocycles. The minimum atomic E-state index is -0.713. The Balaban J connectivity index is 1.72. The molecular weight excluding hydrogens is 286 g/mol. The second kappa shape index (κ2) is 6.29. The van der Waals surface area contributed by atoms with Crippen LogP contribution in [0.3, 0.4) is 0 Å². The molecule has 0 radical (unpaired) electrons. The van der Waals surface area contributed by atoms with Crippen LogP contribution in [0.15, 0.2) is 24.3 Å². The number of Topliss-reactive ketones (excluding diaryl/α,β-unsaturated/α-hetero) is 1. The lowest BCUT2D eigenvalue weighted by Crippen LogP contribution is -2.38. The summed E-state index contributed by atoms with van der Waals surface area (Å²) in [7, 11) is 0. The van der Waals surface area contributed by atoms with Crippen molar-refractivity contribution in [2.24, 2.45) is 0 Å². The number of benzene rings is 1. The van der Waals surface area contributed by atoms with Gasteiger partial charge in [0.2, 0.25) is 11.6 Å². The second-order valence-corrected chi connectivity index (χ2v) is 5.20. The van der Waals surface area contributed by atoms with Crippen LogP contribution in [0.5, 0.6) is 5.75 Å². The molecule has 0 amide bonds. The molecule has 6 nitrogen and oxygen atoms in total. The minimum Gasteiger partial charge on any atom is -0.507 e. The van der Waals surface area contributed by atoms with Gasteiger partial charge < -0.3 is 14.6 Å². The molecular formula is C16H17NO5. The van der Waals surface area contributed by atoms with Gasteiger partial charge in [-0.05, 0) is 12.1 Å². The number of carbonyl (C=O) groups excluding carboxylic acids is 2. The highest BCUT2D eigenvalue weighted by Crippen LogP contribution is 2.31. The van der Waals surface area contributed by atoms with E-state index in [1.165, 1.54) is 6.07 Å². The quantitative estimate of drug-likeness (QED) is 0.838. The Morgan fingerprint density at radius 1 is 1.23 bits per heavy atom. The van der Waals surface area contributed by atoms with Crippen molar-refractivity contribution in [3.63, 3.8) is 0 Å². The monoisotopic (exact) mass is 303 g/mol. The molecule has 0 saturated carbocycles. The molecule has 6 heteroatoms. The molecule has 1 aromatic rings. The number of ether oxygens (including phenoxy) is 2. The molecule has 0 atom stereocenters. The topological polar surface area (TPSA) is 76.1 Å². The molecule has 1 aromatic carbocycles. The Kier molecular flexibility index (Phi) is 4.22. The average Bonchev–Trinajstić information content (AvgIpc) is 2.53. The first-order valence-corrected chi connectivity index (χ1v) is 7.22. The fourth-order valence-corrected chi connectivity index (χ4v) is 2.61. The van der Waals surface area contributed by atoms with Crippen molar-refractivity contribution in [3.8, 4) is 5.75 Å². The van der Waals surface area contributed by atoms with Crippen LogP contribution in [-0.2, 0) is 9.53 Å². The van der Waals surface area contributed by atoms with Gasteiger partial charge in [-0.1, -0.05) is 6.07 Å². The van der Waals surface area contributed by atoms with Gasteiger partial charge in [0, 0.05) is 31.3 Å². The second-order valence-electron chi connectivity index (χ2n) is 5.20. The van der Waals surface area contributed by atoms with Crippen LogP contribution >= 0.6 is 0 Å². The Bertz CT molecular complexity index is 631. The Hall–Kier alpha value is -2.18. The summed E-state index contributed by atoms with van der Waals surface area (Å²) in [5.74, 6) is -1.14. The Morgan fingerprint density at radius 2 is 2.00 bits per heavy atom. The molecule has 0 aromatic heterocycles. The molecule has 1 heterocycles. The standard InChI is InChI=1S/C16H17NO5/c18-12-10-13(19)16(20)11-2-1-3-14(15(11)12)22-9-6-17-4-7-21-8-5-17/h1-3,10,18H,4-9H2. The number of hydrogen-bond donors (Lipinski definition) is 1. The fraction of sp³-hybridized carbons (Fsp3) is 0.375. The first kappa shape index (κ1) is 14.7. The number of nitrogens with zero attached hydrogens (tertiary/aromatic N) is 1. The van der Waals surface area contributed by atoms with Crippen molar-refractivity contribution in [2.45, 2.75) is 0 Å². The van der Waals surface area contributed by atoms with E-state index in [1.54, 1.807) is 12.1 Å².